The van der Waals surface area contributed by atoms with E-state index in [2.05, 4.69) is 15.1 Å². The summed E-state index contributed by atoms with van der Waals surface area (Å²) in [6.45, 7) is 2.69. The molecule has 0 aromatic carbocycles. The molecule has 0 saturated carbocycles. The molecule has 6 heteroatoms. The summed E-state index contributed by atoms with van der Waals surface area (Å²) in [4.78, 5) is 10.2. The maximum absolute atomic E-state index is 8.42. The molecule has 0 fully saturated rings. The van der Waals surface area contributed by atoms with Crippen molar-refractivity contribution in [3.8, 4) is 0 Å². The van der Waals surface area contributed by atoms with Crippen LogP contribution in [0.5, 0.6) is 0 Å². The molecule has 0 aliphatic rings. The molecule has 0 aliphatic heterocycles. The van der Waals surface area contributed by atoms with Crippen LogP contribution in [0.2, 0.25) is 0 Å². The molecule has 0 radical (unpaired) electrons. The number of rotatable bonds is 5. The van der Waals surface area contributed by atoms with Crippen molar-refractivity contribution in [2.45, 2.75) is 19.8 Å². The van der Waals surface area contributed by atoms with E-state index in [1.54, 1.807) is 6.33 Å². The second kappa shape index (κ2) is 5.89. The number of hydrogen-bond donors (Lipinski definition) is 2. The third kappa shape index (κ3) is 3.38. The fraction of sp³-hybridized carbons (Fsp3) is 0.500. The van der Waals surface area contributed by atoms with Crippen LogP contribution in [0.25, 0.3) is 0 Å². The van der Waals surface area contributed by atoms with Gasteiger partial charge in [-0.1, -0.05) is 12.1 Å². The first-order valence-electron chi connectivity index (χ1n) is 5.15. The van der Waals surface area contributed by atoms with Crippen molar-refractivity contribution in [1.82, 2.24) is 9.97 Å². The predicted octanol–water partition coefficient (Wildman–Crippen LogP) is 0.612. The van der Waals surface area contributed by atoms with Gasteiger partial charge in [-0.05, 0) is 6.42 Å². The highest BCUT2D eigenvalue weighted by atomic mass is 16.4. The molecule has 88 valence electrons. The number of amidine groups is 1. The Kier molecular flexibility index (Phi) is 4.50. The van der Waals surface area contributed by atoms with E-state index in [-0.39, 0.29) is 5.84 Å². The average Bonchev–Trinajstić information content (AvgIpc) is 2.35. The van der Waals surface area contributed by atoms with Gasteiger partial charge in [0, 0.05) is 31.8 Å². The van der Waals surface area contributed by atoms with Crippen LogP contribution >= 0.6 is 0 Å². The summed E-state index contributed by atoms with van der Waals surface area (Å²) in [5.41, 5.74) is 6.40. The molecule has 0 spiro atoms. The van der Waals surface area contributed by atoms with E-state index in [9.17, 15) is 0 Å². The molecular weight excluding hydrogens is 206 g/mol. The zero-order chi connectivity index (χ0) is 12.0. The molecule has 1 heterocycles. The smallest absolute Gasteiger partial charge is 0.140 e. The van der Waals surface area contributed by atoms with Crippen LogP contribution in [0, 0.1) is 0 Å². The lowest BCUT2D eigenvalue weighted by molar-refractivity contribution is 0.317. The van der Waals surface area contributed by atoms with E-state index in [0.717, 1.165) is 17.9 Å². The van der Waals surface area contributed by atoms with Crippen molar-refractivity contribution < 1.29 is 5.21 Å². The standard InChI is InChI=1S/C10H17N5O/c1-3-8-6-10(13-7-12-8)15(2)5-4-9(11)14-16/h6-7,16H,3-5H2,1-2H3,(H2,11,14). The summed E-state index contributed by atoms with van der Waals surface area (Å²) in [6.07, 6.45) is 2.93. The maximum atomic E-state index is 8.42. The Morgan fingerprint density at radius 1 is 1.56 bits per heavy atom. The molecule has 0 saturated heterocycles. The summed E-state index contributed by atoms with van der Waals surface area (Å²) in [5, 5.41) is 11.3. The Morgan fingerprint density at radius 2 is 2.31 bits per heavy atom. The lowest BCUT2D eigenvalue weighted by atomic mass is 10.3. The van der Waals surface area contributed by atoms with Gasteiger partial charge in [0.05, 0.1) is 0 Å². The van der Waals surface area contributed by atoms with Crippen LogP contribution in [0.15, 0.2) is 17.5 Å². The molecule has 0 aliphatic carbocycles. The predicted molar refractivity (Wildman–Crippen MR) is 62.7 cm³/mol. The van der Waals surface area contributed by atoms with Crippen molar-refractivity contribution in [3.63, 3.8) is 0 Å². The van der Waals surface area contributed by atoms with Gasteiger partial charge in [-0.2, -0.15) is 0 Å². The fourth-order valence-electron chi connectivity index (χ4n) is 1.23. The van der Waals surface area contributed by atoms with Gasteiger partial charge < -0.3 is 15.8 Å². The molecule has 0 bridgehead atoms. The Balaban J connectivity index is 2.61. The minimum atomic E-state index is 0.219. The van der Waals surface area contributed by atoms with E-state index in [0.29, 0.717) is 13.0 Å². The first-order chi connectivity index (χ1) is 7.67. The molecule has 0 unspecified atom stereocenters. The Hall–Kier alpha value is -1.85. The van der Waals surface area contributed by atoms with Gasteiger partial charge in [0.15, 0.2) is 0 Å². The number of nitrogens with zero attached hydrogens (tertiary/aromatic N) is 4. The fourth-order valence-corrected chi connectivity index (χ4v) is 1.23. The number of hydrogen-bond acceptors (Lipinski definition) is 5. The van der Waals surface area contributed by atoms with E-state index in [1.165, 1.54) is 0 Å². The van der Waals surface area contributed by atoms with E-state index in [1.807, 2.05) is 24.9 Å². The summed E-state index contributed by atoms with van der Waals surface area (Å²) < 4.78 is 0. The lowest BCUT2D eigenvalue weighted by Crippen LogP contribution is -2.25. The van der Waals surface area contributed by atoms with Gasteiger partial charge in [0.1, 0.15) is 18.0 Å². The molecule has 1 aromatic heterocycles. The molecule has 0 amide bonds. The molecular formula is C10H17N5O. The normalized spacial score (nSPS) is 11.5. The molecule has 6 nitrogen and oxygen atoms in total. The van der Waals surface area contributed by atoms with E-state index < -0.39 is 0 Å². The highest BCUT2D eigenvalue weighted by Crippen LogP contribution is 2.09. The molecule has 16 heavy (non-hydrogen) atoms. The third-order valence-electron chi connectivity index (χ3n) is 2.29. The maximum Gasteiger partial charge on any atom is 0.140 e. The van der Waals surface area contributed by atoms with Crippen LogP contribution in [-0.2, 0) is 6.42 Å². The number of aromatic nitrogens is 2. The molecule has 1 aromatic rings. The summed E-state index contributed by atoms with van der Waals surface area (Å²) in [6, 6.07) is 1.94. The monoisotopic (exact) mass is 223 g/mol. The van der Waals surface area contributed by atoms with Gasteiger partial charge >= 0.3 is 0 Å². The second-order valence-electron chi connectivity index (χ2n) is 3.48. The number of aryl methyl sites for hydroxylation is 1. The number of nitrogens with two attached hydrogens (primary N) is 1. The van der Waals surface area contributed by atoms with E-state index >= 15 is 0 Å². The lowest BCUT2D eigenvalue weighted by Gasteiger charge is -2.17. The van der Waals surface area contributed by atoms with Crippen LogP contribution in [0.1, 0.15) is 19.0 Å². The summed E-state index contributed by atoms with van der Waals surface area (Å²) in [7, 11) is 1.91. The largest absolute Gasteiger partial charge is 0.409 e. The highest BCUT2D eigenvalue weighted by Gasteiger charge is 2.04. The molecule has 1 rings (SSSR count). The van der Waals surface area contributed by atoms with Gasteiger partial charge in [-0.15, -0.1) is 0 Å². The Labute approximate surface area is 94.8 Å². The number of anilines is 1. The van der Waals surface area contributed by atoms with Crippen molar-refractivity contribution in [3.05, 3.63) is 18.1 Å². The third-order valence-corrected chi connectivity index (χ3v) is 2.29. The van der Waals surface area contributed by atoms with Crippen LogP contribution < -0.4 is 10.6 Å². The van der Waals surface area contributed by atoms with Gasteiger partial charge in [0.2, 0.25) is 0 Å². The van der Waals surface area contributed by atoms with Gasteiger partial charge in [0.25, 0.3) is 0 Å². The zero-order valence-corrected chi connectivity index (χ0v) is 9.59. The molecule has 3 N–H and O–H groups in total. The second-order valence-corrected chi connectivity index (χ2v) is 3.48. The van der Waals surface area contributed by atoms with Crippen LogP contribution in [-0.4, -0.2) is 34.6 Å². The summed E-state index contributed by atoms with van der Waals surface area (Å²) in [5.74, 6) is 1.06. The highest BCUT2D eigenvalue weighted by molar-refractivity contribution is 5.80. The van der Waals surface area contributed by atoms with Crippen molar-refractivity contribution in [2.24, 2.45) is 10.9 Å². The summed E-state index contributed by atoms with van der Waals surface area (Å²) >= 11 is 0. The van der Waals surface area contributed by atoms with Gasteiger partial charge in [-0.25, -0.2) is 9.97 Å². The number of oxime groups is 1. The van der Waals surface area contributed by atoms with Crippen molar-refractivity contribution in [1.29, 1.82) is 0 Å². The zero-order valence-electron chi connectivity index (χ0n) is 9.59. The topological polar surface area (TPSA) is 87.6 Å². The van der Waals surface area contributed by atoms with Crippen LogP contribution in [0.4, 0.5) is 5.82 Å². The minimum Gasteiger partial charge on any atom is -0.409 e. The first-order valence-corrected chi connectivity index (χ1v) is 5.15. The average molecular weight is 223 g/mol. The van der Waals surface area contributed by atoms with Gasteiger partial charge in [-0.3, -0.25) is 0 Å². The minimum absolute atomic E-state index is 0.219. The SMILES string of the molecule is CCc1cc(N(C)CC/C(N)=N/O)ncn1. The Bertz CT molecular complexity index is 366. The van der Waals surface area contributed by atoms with Crippen molar-refractivity contribution in [2.75, 3.05) is 18.5 Å². The first kappa shape index (κ1) is 12.2. The molecule has 0 atom stereocenters. The Morgan fingerprint density at radius 3 is 2.94 bits per heavy atom. The van der Waals surface area contributed by atoms with Crippen molar-refractivity contribution >= 4 is 11.7 Å². The van der Waals surface area contributed by atoms with E-state index in [4.69, 9.17) is 10.9 Å². The quantitative estimate of drug-likeness (QED) is 0.330. The van der Waals surface area contributed by atoms with Crippen LogP contribution in [0.3, 0.4) is 0 Å².